The minimum absolute atomic E-state index is 0.299. The Bertz CT molecular complexity index is 1350. The minimum Gasteiger partial charge on any atom is -0.310 e. The van der Waals surface area contributed by atoms with E-state index < -0.39 is 0 Å². The molecule has 0 bridgehead atoms. The van der Waals surface area contributed by atoms with Gasteiger partial charge in [0.25, 0.3) is 5.56 Å². The maximum atomic E-state index is 13.3. The second kappa shape index (κ2) is 6.98. The lowest BCUT2D eigenvalue weighted by Gasteiger charge is -2.15. The van der Waals surface area contributed by atoms with Crippen LogP contribution in [0.15, 0.2) is 64.2 Å². The number of halogens is 1. The zero-order chi connectivity index (χ0) is 20.8. The van der Waals surface area contributed by atoms with Gasteiger partial charge >= 0.3 is 5.69 Å². The topological polar surface area (TPSA) is 65.1 Å². The zero-order valence-corrected chi connectivity index (χ0v) is 16.5. The molecule has 3 heterocycles. The lowest BCUT2D eigenvalue weighted by atomic mass is 10.1. The Morgan fingerprint density at radius 2 is 1.73 bits per heavy atom. The van der Waals surface area contributed by atoms with Crippen LogP contribution in [0, 0.1) is 5.82 Å². The molecule has 4 aromatic rings. The summed E-state index contributed by atoms with van der Waals surface area (Å²) in [6, 6.07) is 15.9. The predicted molar refractivity (Wildman–Crippen MR) is 113 cm³/mol. The largest absolute Gasteiger partial charge is 0.332 e. The van der Waals surface area contributed by atoms with E-state index in [9.17, 15) is 14.0 Å². The van der Waals surface area contributed by atoms with Gasteiger partial charge in [-0.15, -0.1) is 0 Å². The van der Waals surface area contributed by atoms with Crippen molar-refractivity contribution < 1.29 is 4.39 Å². The normalized spacial score (nSPS) is 13.2. The molecule has 0 spiro atoms. The SMILES string of the molecule is Cn1c(=O)n(CCc2ccccc2)c(=O)c2c1nc1n2CCN1c1ccc(F)cc1. The monoisotopic (exact) mass is 405 g/mol. The third-order valence-electron chi connectivity index (χ3n) is 5.61. The first kappa shape index (κ1) is 18.4. The molecule has 1 aliphatic rings. The van der Waals surface area contributed by atoms with Crippen molar-refractivity contribution in [1.29, 1.82) is 0 Å². The van der Waals surface area contributed by atoms with Gasteiger partial charge in [0.15, 0.2) is 11.2 Å². The van der Waals surface area contributed by atoms with Crippen molar-refractivity contribution in [2.75, 3.05) is 11.4 Å². The van der Waals surface area contributed by atoms with Gasteiger partial charge in [0.1, 0.15) is 5.82 Å². The molecule has 5 rings (SSSR count). The number of aryl methyl sites for hydroxylation is 2. The number of nitrogens with zero attached hydrogens (tertiary/aromatic N) is 5. The minimum atomic E-state index is -0.381. The molecule has 7 nitrogen and oxygen atoms in total. The first-order valence-corrected chi connectivity index (χ1v) is 9.81. The van der Waals surface area contributed by atoms with Crippen LogP contribution in [0.25, 0.3) is 11.2 Å². The Morgan fingerprint density at radius 3 is 2.47 bits per heavy atom. The molecule has 152 valence electrons. The molecule has 0 N–H and O–H groups in total. The summed E-state index contributed by atoms with van der Waals surface area (Å²) in [7, 11) is 1.63. The number of hydrogen-bond donors (Lipinski definition) is 0. The molecule has 0 saturated carbocycles. The van der Waals surface area contributed by atoms with Crippen LogP contribution in [-0.4, -0.2) is 25.2 Å². The fourth-order valence-electron chi connectivity index (χ4n) is 4.03. The van der Waals surface area contributed by atoms with E-state index in [2.05, 4.69) is 4.98 Å². The quantitative estimate of drug-likeness (QED) is 0.523. The Balaban J connectivity index is 1.60. The summed E-state index contributed by atoms with van der Waals surface area (Å²) in [5.74, 6) is 0.277. The first-order valence-electron chi connectivity index (χ1n) is 9.81. The maximum Gasteiger partial charge on any atom is 0.332 e. The van der Waals surface area contributed by atoms with Crippen molar-refractivity contribution in [3.05, 3.63) is 86.8 Å². The van der Waals surface area contributed by atoms with Gasteiger partial charge in [-0.2, -0.15) is 4.98 Å². The molecule has 0 radical (unpaired) electrons. The van der Waals surface area contributed by atoms with Crippen LogP contribution in [0.2, 0.25) is 0 Å². The highest BCUT2D eigenvalue weighted by Crippen LogP contribution is 2.31. The van der Waals surface area contributed by atoms with Gasteiger partial charge in [-0.1, -0.05) is 30.3 Å². The van der Waals surface area contributed by atoms with Gasteiger partial charge in [-0.05, 0) is 36.2 Å². The number of hydrogen-bond acceptors (Lipinski definition) is 4. The predicted octanol–water partition coefficient (Wildman–Crippen LogP) is 2.43. The molecule has 1 aliphatic heterocycles. The highest BCUT2D eigenvalue weighted by atomic mass is 19.1. The number of rotatable bonds is 4. The van der Waals surface area contributed by atoms with Crippen LogP contribution in [0.3, 0.4) is 0 Å². The Kier molecular flexibility index (Phi) is 4.27. The first-order chi connectivity index (χ1) is 14.5. The second-order valence-corrected chi connectivity index (χ2v) is 7.40. The van der Waals surface area contributed by atoms with Crippen LogP contribution in [0.5, 0.6) is 0 Å². The fourth-order valence-corrected chi connectivity index (χ4v) is 4.03. The van der Waals surface area contributed by atoms with Crippen LogP contribution >= 0.6 is 0 Å². The summed E-state index contributed by atoms with van der Waals surface area (Å²) in [5, 5.41) is 0. The lowest BCUT2D eigenvalue weighted by molar-refractivity contribution is 0.600. The third-order valence-corrected chi connectivity index (χ3v) is 5.61. The van der Waals surface area contributed by atoms with E-state index in [4.69, 9.17) is 0 Å². The van der Waals surface area contributed by atoms with E-state index in [1.165, 1.54) is 21.3 Å². The van der Waals surface area contributed by atoms with Gasteiger partial charge in [-0.25, -0.2) is 9.18 Å². The Hall–Kier alpha value is -3.68. The smallest absolute Gasteiger partial charge is 0.310 e. The van der Waals surface area contributed by atoms with E-state index in [1.807, 2.05) is 39.8 Å². The summed E-state index contributed by atoms with van der Waals surface area (Å²) in [5.41, 5.74) is 1.93. The number of anilines is 2. The van der Waals surface area contributed by atoms with E-state index >= 15 is 0 Å². The highest BCUT2D eigenvalue weighted by Gasteiger charge is 2.28. The molecule has 0 fully saturated rings. The zero-order valence-electron chi connectivity index (χ0n) is 16.5. The third kappa shape index (κ3) is 2.83. The van der Waals surface area contributed by atoms with E-state index in [0.717, 1.165) is 11.3 Å². The van der Waals surface area contributed by atoms with Gasteiger partial charge in [-0.3, -0.25) is 13.9 Å². The molecule has 0 aliphatic carbocycles. The number of benzene rings is 2. The average Bonchev–Trinajstić information content (AvgIpc) is 3.33. The lowest BCUT2D eigenvalue weighted by Crippen LogP contribution is -2.40. The van der Waals surface area contributed by atoms with Gasteiger partial charge in [0.05, 0.1) is 0 Å². The van der Waals surface area contributed by atoms with Gasteiger partial charge < -0.3 is 9.47 Å². The summed E-state index contributed by atoms with van der Waals surface area (Å²) in [4.78, 5) is 32.6. The molecule has 0 atom stereocenters. The van der Waals surface area contributed by atoms with Crippen LogP contribution in [-0.2, 0) is 26.6 Å². The molecule has 0 saturated heterocycles. The fraction of sp³-hybridized carbons (Fsp3) is 0.227. The summed E-state index contributed by atoms with van der Waals surface area (Å²) >= 11 is 0. The molecule has 30 heavy (non-hydrogen) atoms. The maximum absolute atomic E-state index is 13.3. The van der Waals surface area contributed by atoms with Crippen molar-refractivity contribution in [1.82, 2.24) is 18.7 Å². The van der Waals surface area contributed by atoms with E-state index in [1.54, 1.807) is 19.2 Å². The summed E-state index contributed by atoms with van der Waals surface area (Å²) in [6.07, 6.45) is 0.587. The molecule has 0 unspecified atom stereocenters. The average molecular weight is 405 g/mol. The van der Waals surface area contributed by atoms with Gasteiger partial charge in [0.2, 0.25) is 5.95 Å². The van der Waals surface area contributed by atoms with Crippen LogP contribution in [0.4, 0.5) is 16.0 Å². The highest BCUT2D eigenvalue weighted by molar-refractivity contribution is 5.77. The van der Waals surface area contributed by atoms with Crippen LogP contribution in [0.1, 0.15) is 5.56 Å². The molecule has 0 amide bonds. The number of fused-ring (bicyclic) bond motifs is 3. The van der Waals surface area contributed by atoms with Crippen molar-refractivity contribution in [3.8, 4) is 0 Å². The summed E-state index contributed by atoms with van der Waals surface area (Å²) in [6.45, 7) is 1.49. The van der Waals surface area contributed by atoms with Crippen molar-refractivity contribution in [2.24, 2.45) is 7.05 Å². The molecular formula is C22H20FN5O2. The van der Waals surface area contributed by atoms with Crippen molar-refractivity contribution >= 4 is 22.8 Å². The summed E-state index contributed by atoms with van der Waals surface area (Å²) < 4.78 is 17.9. The Morgan fingerprint density at radius 1 is 1.00 bits per heavy atom. The second-order valence-electron chi connectivity index (χ2n) is 7.40. The molecular weight excluding hydrogens is 385 g/mol. The number of imidazole rings is 1. The Labute approximate surface area is 171 Å². The van der Waals surface area contributed by atoms with E-state index in [0.29, 0.717) is 43.2 Å². The molecule has 8 heteroatoms. The van der Waals surface area contributed by atoms with Gasteiger partial charge in [0, 0.05) is 32.4 Å². The standard InChI is InChI=1S/C22H20FN5O2/c1-25-19-18(20(29)28(22(25)30)12-11-15-5-3-2-4-6-15)27-14-13-26(21(27)24-19)17-9-7-16(23)8-10-17/h2-10H,11-14H2,1H3. The van der Waals surface area contributed by atoms with Crippen LogP contribution < -0.4 is 16.1 Å². The van der Waals surface area contributed by atoms with Crippen molar-refractivity contribution in [2.45, 2.75) is 19.5 Å². The van der Waals surface area contributed by atoms with Crippen molar-refractivity contribution in [3.63, 3.8) is 0 Å². The number of aromatic nitrogens is 4. The molecule has 2 aromatic carbocycles. The molecule has 2 aromatic heterocycles. The van der Waals surface area contributed by atoms with E-state index in [-0.39, 0.29) is 17.1 Å².